The fraction of sp³-hybridized carbons (Fsp3) is 0.0952. The van der Waals surface area contributed by atoms with Gasteiger partial charge in [0.1, 0.15) is 10.6 Å². The summed E-state index contributed by atoms with van der Waals surface area (Å²) in [5.41, 5.74) is 1.78. The van der Waals surface area contributed by atoms with Crippen molar-refractivity contribution < 1.29 is 4.74 Å². The van der Waals surface area contributed by atoms with Crippen molar-refractivity contribution in [3.05, 3.63) is 88.8 Å². The van der Waals surface area contributed by atoms with Gasteiger partial charge >= 0.3 is 0 Å². The lowest BCUT2D eigenvalue weighted by molar-refractivity contribution is 0.415. The van der Waals surface area contributed by atoms with Crippen molar-refractivity contribution in [3.8, 4) is 5.75 Å². The fourth-order valence-electron chi connectivity index (χ4n) is 2.80. The lowest BCUT2D eigenvalue weighted by Gasteiger charge is -2.23. The predicted octanol–water partition coefficient (Wildman–Crippen LogP) is 4.40. The van der Waals surface area contributed by atoms with E-state index in [1.54, 1.807) is 25.4 Å². The fourth-order valence-corrected chi connectivity index (χ4v) is 3.76. The summed E-state index contributed by atoms with van der Waals surface area (Å²) in [6, 6.07) is 21.3. The Morgan fingerprint density at radius 2 is 1.78 bits per heavy atom. The Labute approximate surface area is 160 Å². The summed E-state index contributed by atoms with van der Waals surface area (Å²) in [7, 11) is 1.64. The van der Waals surface area contributed by atoms with Crippen LogP contribution in [0.2, 0.25) is 0 Å². The van der Waals surface area contributed by atoms with Gasteiger partial charge in [0.25, 0.3) is 5.56 Å². The lowest BCUT2D eigenvalue weighted by Crippen LogP contribution is -2.20. The first kappa shape index (κ1) is 17.2. The highest BCUT2D eigenvalue weighted by molar-refractivity contribution is 7.21. The molecule has 0 aliphatic rings. The highest BCUT2D eigenvalue weighted by Crippen LogP contribution is 2.31. The number of anilines is 2. The minimum absolute atomic E-state index is 0.265. The molecule has 0 saturated heterocycles. The van der Waals surface area contributed by atoms with Gasteiger partial charge in [0.05, 0.1) is 19.0 Å². The van der Waals surface area contributed by atoms with Crippen LogP contribution in [0.1, 0.15) is 5.56 Å². The zero-order valence-electron chi connectivity index (χ0n) is 14.7. The topological polar surface area (TPSA) is 55.3 Å². The summed E-state index contributed by atoms with van der Waals surface area (Å²) in [4.78, 5) is 23.9. The van der Waals surface area contributed by atoms with Gasteiger partial charge in [-0.2, -0.15) is 4.98 Å². The lowest BCUT2D eigenvalue weighted by atomic mass is 10.2. The maximum atomic E-state index is 12.5. The van der Waals surface area contributed by atoms with Crippen molar-refractivity contribution in [3.63, 3.8) is 0 Å². The maximum absolute atomic E-state index is 12.5. The number of fused-ring (bicyclic) bond motifs is 1. The molecule has 134 valence electrons. The Hall–Kier alpha value is -3.25. The Morgan fingerprint density at radius 3 is 2.52 bits per heavy atom. The van der Waals surface area contributed by atoms with Crippen molar-refractivity contribution in [2.24, 2.45) is 0 Å². The van der Waals surface area contributed by atoms with Crippen LogP contribution in [0.4, 0.5) is 10.8 Å². The van der Waals surface area contributed by atoms with Gasteiger partial charge in [0, 0.05) is 11.9 Å². The molecule has 0 saturated carbocycles. The van der Waals surface area contributed by atoms with Crippen LogP contribution in [-0.2, 0) is 6.54 Å². The van der Waals surface area contributed by atoms with Gasteiger partial charge in [-0.1, -0.05) is 41.7 Å². The van der Waals surface area contributed by atoms with Crippen molar-refractivity contribution in [1.29, 1.82) is 0 Å². The summed E-state index contributed by atoms with van der Waals surface area (Å²) >= 11 is 1.41. The number of nitrogens with zero attached hydrogens (tertiary/aromatic N) is 3. The van der Waals surface area contributed by atoms with Gasteiger partial charge in [0.15, 0.2) is 5.13 Å². The maximum Gasteiger partial charge on any atom is 0.282 e. The SMILES string of the molecule is COc1ccc(N(Cc2ccccc2)c2nc(=O)c3cccnc3s2)cc1. The van der Waals surface area contributed by atoms with Crippen LogP contribution < -0.4 is 15.2 Å². The van der Waals surface area contributed by atoms with E-state index in [0.29, 0.717) is 21.9 Å². The summed E-state index contributed by atoms with van der Waals surface area (Å²) < 4.78 is 5.26. The monoisotopic (exact) mass is 375 g/mol. The second kappa shape index (κ2) is 7.55. The van der Waals surface area contributed by atoms with Gasteiger partial charge in [0.2, 0.25) is 0 Å². The largest absolute Gasteiger partial charge is 0.497 e. The van der Waals surface area contributed by atoms with Gasteiger partial charge in [-0.05, 0) is 42.0 Å². The minimum Gasteiger partial charge on any atom is -0.497 e. The third-order valence-electron chi connectivity index (χ3n) is 4.19. The van der Waals surface area contributed by atoms with E-state index < -0.39 is 0 Å². The van der Waals surface area contributed by atoms with Gasteiger partial charge in [-0.3, -0.25) is 4.79 Å². The number of hydrogen-bond acceptors (Lipinski definition) is 6. The molecule has 0 aliphatic carbocycles. The van der Waals surface area contributed by atoms with Crippen LogP contribution >= 0.6 is 11.3 Å². The number of methoxy groups -OCH3 is 1. The summed E-state index contributed by atoms with van der Waals surface area (Å²) in [6.07, 6.45) is 1.69. The molecule has 0 N–H and O–H groups in total. The van der Waals surface area contributed by atoms with Crippen LogP contribution in [0.15, 0.2) is 77.7 Å². The number of ether oxygens (including phenoxy) is 1. The van der Waals surface area contributed by atoms with Gasteiger partial charge in [-0.15, -0.1) is 0 Å². The summed E-state index contributed by atoms with van der Waals surface area (Å²) in [5, 5.41) is 1.15. The quantitative estimate of drug-likeness (QED) is 0.517. The second-order valence-corrected chi connectivity index (χ2v) is 6.88. The number of aromatic nitrogens is 2. The third kappa shape index (κ3) is 3.66. The van der Waals surface area contributed by atoms with Crippen LogP contribution in [0, 0.1) is 0 Å². The smallest absolute Gasteiger partial charge is 0.282 e. The number of rotatable bonds is 5. The Bertz CT molecular complexity index is 1110. The molecule has 0 atom stereocenters. The van der Waals surface area contributed by atoms with E-state index in [9.17, 15) is 4.79 Å². The van der Waals surface area contributed by atoms with Crippen molar-refractivity contribution in [1.82, 2.24) is 9.97 Å². The molecule has 6 heteroatoms. The van der Waals surface area contributed by atoms with Crippen LogP contribution in [0.5, 0.6) is 5.75 Å². The van der Waals surface area contributed by atoms with E-state index >= 15 is 0 Å². The minimum atomic E-state index is -0.265. The van der Waals surface area contributed by atoms with Crippen LogP contribution in [-0.4, -0.2) is 17.1 Å². The first-order chi connectivity index (χ1) is 13.2. The van der Waals surface area contributed by atoms with E-state index in [1.807, 2.05) is 47.4 Å². The first-order valence-corrected chi connectivity index (χ1v) is 9.27. The van der Waals surface area contributed by atoms with Gasteiger partial charge in [-0.25, -0.2) is 4.98 Å². The van der Waals surface area contributed by atoms with Crippen molar-refractivity contribution >= 4 is 32.4 Å². The van der Waals surface area contributed by atoms with E-state index in [2.05, 4.69) is 22.1 Å². The standard InChI is InChI=1S/C21H17N3O2S/c1-26-17-11-9-16(10-12-17)24(14-15-6-3-2-4-7-15)21-23-19(25)18-8-5-13-22-20(18)27-21/h2-13H,14H2,1H3. The first-order valence-electron chi connectivity index (χ1n) is 8.46. The van der Waals surface area contributed by atoms with E-state index in [-0.39, 0.29) is 5.56 Å². The highest BCUT2D eigenvalue weighted by Gasteiger charge is 2.15. The molecule has 2 aromatic heterocycles. The second-order valence-electron chi connectivity index (χ2n) is 5.93. The Kier molecular flexibility index (Phi) is 4.80. The highest BCUT2D eigenvalue weighted by atomic mass is 32.1. The van der Waals surface area contributed by atoms with E-state index in [0.717, 1.165) is 17.0 Å². The van der Waals surface area contributed by atoms with Crippen molar-refractivity contribution in [2.45, 2.75) is 6.54 Å². The van der Waals surface area contributed by atoms with E-state index in [1.165, 1.54) is 11.3 Å². The van der Waals surface area contributed by atoms with Crippen LogP contribution in [0.25, 0.3) is 10.2 Å². The summed E-state index contributed by atoms with van der Waals surface area (Å²) in [5.74, 6) is 0.778. The molecule has 2 aromatic carbocycles. The van der Waals surface area contributed by atoms with E-state index in [4.69, 9.17) is 4.74 Å². The molecule has 0 unspecified atom stereocenters. The van der Waals surface area contributed by atoms with Crippen LogP contribution in [0.3, 0.4) is 0 Å². The molecule has 4 rings (SSSR count). The Balaban J connectivity index is 1.82. The molecular weight excluding hydrogens is 358 g/mol. The molecule has 0 fully saturated rings. The normalized spacial score (nSPS) is 10.7. The van der Waals surface area contributed by atoms with Crippen molar-refractivity contribution in [2.75, 3.05) is 12.0 Å². The molecule has 27 heavy (non-hydrogen) atoms. The average molecular weight is 375 g/mol. The molecular formula is C21H17N3O2S. The third-order valence-corrected chi connectivity index (χ3v) is 5.20. The number of pyridine rings is 1. The molecule has 0 spiro atoms. The Morgan fingerprint density at radius 1 is 1.00 bits per heavy atom. The van der Waals surface area contributed by atoms with Gasteiger partial charge < -0.3 is 9.64 Å². The number of benzene rings is 2. The predicted molar refractivity (Wildman–Crippen MR) is 109 cm³/mol. The molecule has 4 aromatic rings. The zero-order chi connectivity index (χ0) is 18.6. The molecule has 0 aliphatic heterocycles. The molecule has 2 heterocycles. The molecule has 0 bridgehead atoms. The molecule has 0 amide bonds. The number of hydrogen-bond donors (Lipinski definition) is 0. The average Bonchev–Trinajstić information content (AvgIpc) is 2.73. The molecule has 5 nitrogen and oxygen atoms in total. The molecule has 0 radical (unpaired) electrons. The zero-order valence-corrected chi connectivity index (χ0v) is 15.5. The summed E-state index contributed by atoms with van der Waals surface area (Å²) in [6.45, 7) is 0.592.